The normalized spacial score (nSPS) is 15.7. The molecule has 0 unspecified atom stereocenters. The minimum Gasteiger partial charge on any atom is -0.292 e. The summed E-state index contributed by atoms with van der Waals surface area (Å²) in [5.41, 5.74) is 3.35. The highest BCUT2D eigenvalue weighted by molar-refractivity contribution is 5.48. The fourth-order valence-corrected chi connectivity index (χ4v) is 4.52. The van der Waals surface area contributed by atoms with Crippen LogP contribution in [0.5, 0.6) is 0 Å². The van der Waals surface area contributed by atoms with Crippen molar-refractivity contribution in [3.63, 3.8) is 0 Å². The summed E-state index contributed by atoms with van der Waals surface area (Å²) < 4.78 is 27.0. The van der Waals surface area contributed by atoms with E-state index < -0.39 is 0 Å². The Balaban J connectivity index is 1.37. The van der Waals surface area contributed by atoms with E-state index in [2.05, 4.69) is 41.3 Å². The van der Waals surface area contributed by atoms with Crippen molar-refractivity contribution >= 4 is 6.08 Å². The minimum absolute atomic E-state index is 0.0279. The predicted molar refractivity (Wildman–Crippen MR) is 124 cm³/mol. The Labute approximate surface area is 184 Å². The van der Waals surface area contributed by atoms with Crippen molar-refractivity contribution in [1.82, 2.24) is 4.90 Å². The molecule has 1 aliphatic rings. The minimum atomic E-state index is -0.233. The van der Waals surface area contributed by atoms with Gasteiger partial charge >= 0.3 is 0 Å². The van der Waals surface area contributed by atoms with Gasteiger partial charge in [-0.1, -0.05) is 66.7 Å². The topological polar surface area (TPSA) is 3.24 Å². The fraction of sp³-hybridized carbons (Fsp3) is 0.286. The Morgan fingerprint density at radius 2 is 1.32 bits per heavy atom. The highest BCUT2D eigenvalue weighted by Gasteiger charge is 2.27. The first-order valence-electron chi connectivity index (χ1n) is 11.2. The van der Waals surface area contributed by atoms with Gasteiger partial charge in [-0.05, 0) is 85.6 Å². The van der Waals surface area contributed by atoms with Gasteiger partial charge in [0.1, 0.15) is 11.6 Å². The molecule has 3 heteroatoms. The third kappa shape index (κ3) is 5.89. The third-order valence-corrected chi connectivity index (χ3v) is 6.24. The number of piperidine rings is 1. The van der Waals surface area contributed by atoms with E-state index in [1.165, 1.54) is 36.2 Å². The summed E-state index contributed by atoms with van der Waals surface area (Å²) in [4.78, 5) is 2.46. The molecule has 0 saturated carbocycles. The zero-order valence-corrected chi connectivity index (χ0v) is 17.8. The SMILES string of the molecule is Fc1ccc(C(c2ccc(F)cc2)N2CCC(CC/C=C/c3ccccc3)CC2)cc1. The first-order valence-corrected chi connectivity index (χ1v) is 11.2. The van der Waals surface area contributed by atoms with Crippen molar-refractivity contribution < 1.29 is 8.78 Å². The molecule has 1 fully saturated rings. The van der Waals surface area contributed by atoms with E-state index in [0.29, 0.717) is 0 Å². The number of benzene rings is 3. The van der Waals surface area contributed by atoms with Crippen LogP contribution in [0.25, 0.3) is 6.08 Å². The molecule has 4 rings (SSSR count). The molecular weight excluding hydrogens is 388 g/mol. The van der Waals surface area contributed by atoms with Crippen LogP contribution in [-0.4, -0.2) is 18.0 Å². The second kappa shape index (κ2) is 10.5. The van der Waals surface area contributed by atoms with E-state index in [0.717, 1.165) is 49.4 Å². The molecular formula is C28H29F2N. The van der Waals surface area contributed by atoms with Gasteiger partial charge in [-0.2, -0.15) is 0 Å². The van der Waals surface area contributed by atoms with Crippen LogP contribution < -0.4 is 0 Å². The van der Waals surface area contributed by atoms with Crippen molar-refractivity contribution in [3.05, 3.63) is 113 Å². The predicted octanol–water partition coefficient (Wildman–Crippen LogP) is 7.26. The smallest absolute Gasteiger partial charge is 0.123 e. The Bertz CT molecular complexity index is 911. The number of likely N-dealkylation sites (tertiary alicyclic amines) is 1. The Kier molecular flexibility index (Phi) is 7.26. The first kappa shape index (κ1) is 21.5. The summed E-state index contributed by atoms with van der Waals surface area (Å²) in [6.07, 6.45) is 9.08. The maximum Gasteiger partial charge on any atom is 0.123 e. The van der Waals surface area contributed by atoms with Crippen LogP contribution in [0.4, 0.5) is 8.78 Å². The zero-order chi connectivity index (χ0) is 21.5. The van der Waals surface area contributed by atoms with E-state index in [4.69, 9.17) is 0 Å². The van der Waals surface area contributed by atoms with Crippen LogP contribution in [0.1, 0.15) is 48.4 Å². The molecule has 1 saturated heterocycles. The van der Waals surface area contributed by atoms with Crippen LogP contribution >= 0.6 is 0 Å². The lowest BCUT2D eigenvalue weighted by Gasteiger charge is -2.38. The average molecular weight is 418 g/mol. The molecule has 3 aromatic carbocycles. The average Bonchev–Trinajstić information content (AvgIpc) is 2.81. The van der Waals surface area contributed by atoms with Gasteiger partial charge in [0.2, 0.25) is 0 Å². The summed E-state index contributed by atoms with van der Waals surface area (Å²) in [5, 5.41) is 0. The van der Waals surface area contributed by atoms with Gasteiger partial charge < -0.3 is 0 Å². The Hall–Kier alpha value is -2.78. The molecule has 1 aliphatic heterocycles. The van der Waals surface area contributed by atoms with Crippen molar-refractivity contribution in [2.75, 3.05) is 13.1 Å². The van der Waals surface area contributed by atoms with Crippen LogP contribution in [-0.2, 0) is 0 Å². The molecule has 0 spiro atoms. The number of halogens is 2. The van der Waals surface area contributed by atoms with E-state index in [9.17, 15) is 8.78 Å². The van der Waals surface area contributed by atoms with Gasteiger partial charge in [-0.3, -0.25) is 4.90 Å². The molecule has 0 atom stereocenters. The van der Waals surface area contributed by atoms with E-state index in [1.807, 2.05) is 30.3 Å². The van der Waals surface area contributed by atoms with Crippen molar-refractivity contribution in [1.29, 1.82) is 0 Å². The zero-order valence-electron chi connectivity index (χ0n) is 17.8. The van der Waals surface area contributed by atoms with Gasteiger partial charge in [0, 0.05) is 0 Å². The maximum atomic E-state index is 13.5. The summed E-state index contributed by atoms with van der Waals surface area (Å²) >= 11 is 0. The second-order valence-corrected chi connectivity index (χ2v) is 8.38. The lowest BCUT2D eigenvalue weighted by molar-refractivity contribution is 0.147. The Morgan fingerprint density at radius 3 is 1.87 bits per heavy atom. The summed E-state index contributed by atoms with van der Waals surface area (Å²) in [5.74, 6) is 0.256. The number of allylic oxidation sites excluding steroid dienone is 1. The van der Waals surface area contributed by atoms with E-state index in [1.54, 1.807) is 0 Å². The number of hydrogen-bond acceptors (Lipinski definition) is 1. The van der Waals surface area contributed by atoms with Crippen molar-refractivity contribution in [3.8, 4) is 0 Å². The lowest BCUT2D eigenvalue weighted by Crippen LogP contribution is -2.37. The number of nitrogens with zero attached hydrogens (tertiary/aromatic N) is 1. The third-order valence-electron chi connectivity index (χ3n) is 6.24. The molecule has 0 aliphatic carbocycles. The van der Waals surface area contributed by atoms with Gasteiger partial charge in [-0.15, -0.1) is 0 Å². The quantitative estimate of drug-likeness (QED) is 0.391. The molecule has 160 valence electrons. The Morgan fingerprint density at radius 1 is 0.774 bits per heavy atom. The standard InChI is InChI=1S/C28H29F2N/c29-26-14-10-24(11-15-26)28(25-12-16-27(30)17-13-25)31-20-18-23(19-21-31)9-5-4-8-22-6-2-1-3-7-22/h1-4,6-8,10-17,23,28H,5,9,18-21H2/b8-4+. The number of hydrogen-bond donors (Lipinski definition) is 0. The molecule has 0 aromatic heterocycles. The second-order valence-electron chi connectivity index (χ2n) is 8.38. The summed E-state index contributed by atoms with van der Waals surface area (Å²) in [6.45, 7) is 1.99. The van der Waals surface area contributed by atoms with Crippen LogP contribution in [0, 0.1) is 17.6 Å². The molecule has 0 N–H and O–H groups in total. The monoisotopic (exact) mass is 417 g/mol. The van der Waals surface area contributed by atoms with Crippen molar-refractivity contribution in [2.24, 2.45) is 5.92 Å². The molecule has 0 bridgehead atoms. The molecule has 0 amide bonds. The van der Waals surface area contributed by atoms with Crippen LogP contribution in [0.15, 0.2) is 84.9 Å². The summed E-state index contributed by atoms with van der Waals surface area (Å²) in [7, 11) is 0. The molecule has 3 aromatic rings. The van der Waals surface area contributed by atoms with Gasteiger partial charge in [0.15, 0.2) is 0 Å². The van der Waals surface area contributed by atoms with Gasteiger partial charge in [0.05, 0.1) is 6.04 Å². The lowest BCUT2D eigenvalue weighted by atomic mass is 9.89. The van der Waals surface area contributed by atoms with Crippen molar-refractivity contribution in [2.45, 2.75) is 31.7 Å². The van der Waals surface area contributed by atoms with Crippen LogP contribution in [0.3, 0.4) is 0 Å². The van der Waals surface area contributed by atoms with Gasteiger partial charge in [0.25, 0.3) is 0 Å². The highest BCUT2D eigenvalue weighted by atomic mass is 19.1. The largest absolute Gasteiger partial charge is 0.292 e. The number of rotatable bonds is 7. The van der Waals surface area contributed by atoms with E-state index in [-0.39, 0.29) is 17.7 Å². The van der Waals surface area contributed by atoms with E-state index >= 15 is 0 Å². The van der Waals surface area contributed by atoms with Crippen LogP contribution in [0.2, 0.25) is 0 Å². The molecule has 1 nitrogen and oxygen atoms in total. The molecule has 31 heavy (non-hydrogen) atoms. The highest BCUT2D eigenvalue weighted by Crippen LogP contribution is 2.33. The summed E-state index contributed by atoms with van der Waals surface area (Å²) in [6, 6.07) is 23.9. The molecule has 1 heterocycles. The first-order chi connectivity index (χ1) is 15.2. The molecule has 0 radical (unpaired) electrons. The fourth-order valence-electron chi connectivity index (χ4n) is 4.52. The maximum absolute atomic E-state index is 13.5. The van der Waals surface area contributed by atoms with Gasteiger partial charge in [-0.25, -0.2) is 8.78 Å².